The van der Waals surface area contributed by atoms with Crippen LogP contribution in [-0.4, -0.2) is 23.9 Å². The highest BCUT2D eigenvalue weighted by Crippen LogP contribution is 2.28. The standard InChI is InChI=1S/C14H18Cl2N2O2/c1-9(19)18(8-13(20)17-14(2,3)4)12-6-5-10(15)7-11(12)16/h5-7H,8H2,1-4H3,(H,17,20). The van der Waals surface area contributed by atoms with Crippen molar-refractivity contribution >= 4 is 40.7 Å². The van der Waals surface area contributed by atoms with E-state index < -0.39 is 0 Å². The summed E-state index contributed by atoms with van der Waals surface area (Å²) in [6.45, 7) is 6.91. The minimum absolute atomic E-state index is 0.0893. The third-order valence-electron chi connectivity index (χ3n) is 2.40. The van der Waals surface area contributed by atoms with Gasteiger partial charge in [-0.2, -0.15) is 0 Å². The molecule has 0 unspecified atom stereocenters. The molecule has 6 heteroatoms. The van der Waals surface area contributed by atoms with Gasteiger partial charge in [0.05, 0.1) is 10.7 Å². The third kappa shape index (κ3) is 5.02. The largest absolute Gasteiger partial charge is 0.350 e. The Kier molecular flexibility index (Phi) is 5.42. The lowest BCUT2D eigenvalue weighted by Gasteiger charge is -2.25. The first kappa shape index (κ1) is 16.8. The quantitative estimate of drug-likeness (QED) is 0.930. The lowest BCUT2D eigenvalue weighted by atomic mass is 10.1. The van der Waals surface area contributed by atoms with Crippen molar-refractivity contribution in [3.8, 4) is 0 Å². The highest BCUT2D eigenvalue weighted by Gasteiger charge is 2.21. The number of carbonyl (C=O) groups excluding carboxylic acids is 2. The number of nitrogens with one attached hydrogen (secondary N) is 1. The van der Waals surface area contributed by atoms with Crippen LogP contribution in [0.2, 0.25) is 10.0 Å². The van der Waals surface area contributed by atoms with Gasteiger partial charge in [0.15, 0.2) is 0 Å². The van der Waals surface area contributed by atoms with Gasteiger partial charge >= 0.3 is 0 Å². The molecule has 0 radical (unpaired) electrons. The van der Waals surface area contributed by atoms with Crippen LogP contribution in [0.1, 0.15) is 27.7 Å². The fourth-order valence-corrected chi connectivity index (χ4v) is 2.18. The van der Waals surface area contributed by atoms with Crippen molar-refractivity contribution in [3.63, 3.8) is 0 Å². The van der Waals surface area contributed by atoms with E-state index in [-0.39, 0.29) is 23.9 Å². The second-order valence-electron chi connectivity index (χ2n) is 5.50. The smallest absolute Gasteiger partial charge is 0.240 e. The summed E-state index contributed by atoms with van der Waals surface area (Å²) in [5.41, 5.74) is 0.108. The van der Waals surface area contributed by atoms with Crippen molar-refractivity contribution < 1.29 is 9.59 Å². The first-order valence-electron chi connectivity index (χ1n) is 6.14. The Labute approximate surface area is 129 Å². The predicted molar refractivity (Wildman–Crippen MR) is 82.4 cm³/mol. The summed E-state index contributed by atoms with van der Waals surface area (Å²) in [5.74, 6) is -0.517. The highest BCUT2D eigenvalue weighted by atomic mass is 35.5. The van der Waals surface area contributed by atoms with Gasteiger partial charge in [0.25, 0.3) is 0 Å². The average molecular weight is 317 g/mol. The van der Waals surface area contributed by atoms with Crippen molar-refractivity contribution in [2.75, 3.05) is 11.4 Å². The topological polar surface area (TPSA) is 49.4 Å². The minimum Gasteiger partial charge on any atom is -0.350 e. The number of amides is 2. The van der Waals surface area contributed by atoms with Gasteiger partial charge < -0.3 is 10.2 Å². The zero-order valence-corrected chi connectivity index (χ0v) is 13.5. The molecule has 2 amide bonds. The Bertz CT molecular complexity index is 524. The molecule has 4 nitrogen and oxygen atoms in total. The van der Waals surface area contributed by atoms with E-state index in [9.17, 15) is 9.59 Å². The Hall–Kier alpha value is -1.26. The molecule has 0 aromatic heterocycles. The molecule has 0 saturated carbocycles. The molecule has 1 N–H and O–H groups in total. The average Bonchev–Trinajstić information content (AvgIpc) is 2.23. The van der Waals surface area contributed by atoms with E-state index in [0.29, 0.717) is 15.7 Å². The Morgan fingerprint density at radius 1 is 1.25 bits per heavy atom. The summed E-state index contributed by atoms with van der Waals surface area (Å²) in [5, 5.41) is 3.61. The third-order valence-corrected chi connectivity index (χ3v) is 2.93. The normalized spacial score (nSPS) is 11.1. The van der Waals surface area contributed by atoms with Gasteiger partial charge in [0.1, 0.15) is 6.54 Å². The van der Waals surface area contributed by atoms with E-state index in [4.69, 9.17) is 23.2 Å². The highest BCUT2D eigenvalue weighted by molar-refractivity contribution is 6.36. The van der Waals surface area contributed by atoms with Crippen molar-refractivity contribution in [1.29, 1.82) is 0 Å². The molecule has 0 bridgehead atoms. The number of carbonyl (C=O) groups is 2. The van der Waals surface area contributed by atoms with Gasteiger partial charge in [0.2, 0.25) is 11.8 Å². The number of rotatable bonds is 3. The van der Waals surface area contributed by atoms with Crippen LogP contribution >= 0.6 is 23.2 Å². The lowest BCUT2D eigenvalue weighted by molar-refractivity contribution is -0.124. The first-order chi connectivity index (χ1) is 9.10. The van der Waals surface area contributed by atoms with E-state index in [1.54, 1.807) is 12.1 Å². The van der Waals surface area contributed by atoms with E-state index in [2.05, 4.69) is 5.32 Å². The molecular weight excluding hydrogens is 299 g/mol. The molecule has 1 aromatic carbocycles. The van der Waals surface area contributed by atoms with Crippen molar-refractivity contribution in [2.24, 2.45) is 0 Å². The molecule has 0 atom stereocenters. The lowest BCUT2D eigenvalue weighted by Crippen LogP contribution is -2.47. The number of hydrogen-bond acceptors (Lipinski definition) is 2. The molecule has 0 aliphatic heterocycles. The van der Waals surface area contributed by atoms with Crippen molar-refractivity contribution in [2.45, 2.75) is 33.2 Å². The zero-order valence-electron chi connectivity index (χ0n) is 12.0. The van der Waals surface area contributed by atoms with Crippen LogP contribution in [0.4, 0.5) is 5.69 Å². The fraction of sp³-hybridized carbons (Fsp3) is 0.429. The molecule has 0 saturated heterocycles. The van der Waals surface area contributed by atoms with E-state index >= 15 is 0 Å². The molecule has 1 aromatic rings. The van der Waals surface area contributed by atoms with Crippen molar-refractivity contribution in [3.05, 3.63) is 28.2 Å². The fourth-order valence-electron chi connectivity index (χ4n) is 1.67. The molecule has 110 valence electrons. The van der Waals surface area contributed by atoms with Crippen LogP contribution in [0, 0.1) is 0 Å². The summed E-state index contributed by atoms with van der Waals surface area (Å²) in [6.07, 6.45) is 0. The Morgan fingerprint density at radius 3 is 2.30 bits per heavy atom. The Balaban J connectivity index is 2.96. The summed E-state index contributed by atoms with van der Waals surface area (Å²) < 4.78 is 0. The van der Waals surface area contributed by atoms with Gasteiger partial charge in [-0.15, -0.1) is 0 Å². The molecule has 0 spiro atoms. The number of nitrogens with zero attached hydrogens (tertiary/aromatic N) is 1. The maximum Gasteiger partial charge on any atom is 0.240 e. The van der Waals surface area contributed by atoms with Crippen LogP contribution < -0.4 is 10.2 Å². The number of hydrogen-bond donors (Lipinski definition) is 1. The second kappa shape index (κ2) is 6.46. The summed E-state index contributed by atoms with van der Waals surface area (Å²) in [4.78, 5) is 25.0. The monoisotopic (exact) mass is 316 g/mol. The van der Waals surface area contributed by atoms with Crippen LogP contribution in [0.5, 0.6) is 0 Å². The zero-order chi connectivity index (χ0) is 15.5. The molecular formula is C14H18Cl2N2O2. The maximum absolute atomic E-state index is 12.0. The van der Waals surface area contributed by atoms with Crippen LogP contribution in [0.25, 0.3) is 0 Å². The van der Waals surface area contributed by atoms with Gasteiger partial charge in [0, 0.05) is 17.5 Å². The van der Waals surface area contributed by atoms with Gasteiger partial charge in [-0.1, -0.05) is 23.2 Å². The molecule has 0 aliphatic carbocycles. The van der Waals surface area contributed by atoms with Gasteiger partial charge in [-0.05, 0) is 39.0 Å². The van der Waals surface area contributed by atoms with E-state index in [0.717, 1.165) is 0 Å². The minimum atomic E-state index is -0.358. The van der Waals surface area contributed by atoms with Crippen LogP contribution in [-0.2, 0) is 9.59 Å². The molecule has 0 aliphatic rings. The van der Waals surface area contributed by atoms with Crippen LogP contribution in [0.3, 0.4) is 0 Å². The van der Waals surface area contributed by atoms with Crippen molar-refractivity contribution in [1.82, 2.24) is 5.32 Å². The van der Waals surface area contributed by atoms with E-state index in [1.165, 1.54) is 17.9 Å². The summed E-state index contributed by atoms with van der Waals surface area (Å²) >= 11 is 11.9. The first-order valence-corrected chi connectivity index (χ1v) is 6.90. The van der Waals surface area contributed by atoms with Gasteiger partial charge in [-0.3, -0.25) is 9.59 Å². The number of anilines is 1. The molecule has 1 rings (SSSR count). The SMILES string of the molecule is CC(=O)N(CC(=O)NC(C)(C)C)c1ccc(Cl)cc1Cl. The number of benzene rings is 1. The van der Waals surface area contributed by atoms with Crippen LogP contribution in [0.15, 0.2) is 18.2 Å². The molecule has 0 heterocycles. The molecule has 20 heavy (non-hydrogen) atoms. The Morgan fingerprint density at radius 2 is 1.85 bits per heavy atom. The summed E-state index contributed by atoms with van der Waals surface area (Å²) in [6, 6.07) is 4.78. The van der Waals surface area contributed by atoms with Gasteiger partial charge in [-0.25, -0.2) is 0 Å². The van der Waals surface area contributed by atoms with E-state index in [1.807, 2.05) is 20.8 Å². The maximum atomic E-state index is 12.0. The molecule has 0 fully saturated rings. The second-order valence-corrected chi connectivity index (χ2v) is 6.34. The predicted octanol–water partition coefficient (Wildman–Crippen LogP) is 3.26. The summed E-state index contributed by atoms with van der Waals surface area (Å²) in [7, 11) is 0. The number of halogens is 2.